The summed E-state index contributed by atoms with van der Waals surface area (Å²) in [5.41, 5.74) is 7.51. The van der Waals surface area contributed by atoms with Crippen LogP contribution in [0.15, 0.2) is 129 Å². The molecular formula is C55H54O6S4. The van der Waals surface area contributed by atoms with Gasteiger partial charge in [-0.25, -0.2) is 16.8 Å². The normalized spacial score (nSPS) is 17.4. The lowest BCUT2D eigenvalue weighted by molar-refractivity contribution is 0.103. The van der Waals surface area contributed by atoms with Crippen molar-refractivity contribution in [3.05, 3.63) is 151 Å². The van der Waals surface area contributed by atoms with E-state index < -0.39 is 31.2 Å². The van der Waals surface area contributed by atoms with Gasteiger partial charge in [-0.1, -0.05) is 139 Å². The third kappa shape index (κ3) is 8.41. The van der Waals surface area contributed by atoms with Gasteiger partial charge >= 0.3 is 0 Å². The Balaban J connectivity index is 1.09. The SMILES string of the molecule is CCCCCCCCC1(CCCCCCCC)c2cc(-c3ccc(/C=C4\C(=O)c5ccccc5S4(=O)=O)s3)ccc2-c2ccc(-c3ccc(/C=C4\C(=O)c5ccccc5S4(=O)=O)s3)cc21. The van der Waals surface area contributed by atoms with Crippen molar-refractivity contribution in [3.63, 3.8) is 0 Å². The van der Waals surface area contributed by atoms with E-state index in [1.165, 1.54) is 133 Å². The first-order chi connectivity index (χ1) is 31.5. The number of allylic oxidation sites excluding steroid dienone is 2. The molecule has 65 heavy (non-hydrogen) atoms. The number of carbonyl (C=O) groups excluding carboxylic acids is 2. The van der Waals surface area contributed by atoms with Crippen molar-refractivity contribution in [1.82, 2.24) is 0 Å². The summed E-state index contributed by atoms with van der Waals surface area (Å²) in [7, 11) is -7.81. The second-order valence-electron chi connectivity index (χ2n) is 17.7. The summed E-state index contributed by atoms with van der Waals surface area (Å²) in [5, 5.41) is 0. The van der Waals surface area contributed by atoms with Crippen LogP contribution in [0.25, 0.3) is 44.2 Å². The van der Waals surface area contributed by atoms with E-state index in [2.05, 4.69) is 50.2 Å². The second-order valence-corrected chi connectivity index (χ2v) is 23.7. The molecule has 3 aliphatic rings. The van der Waals surface area contributed by atoms with Crippen LogP contribution in [0.5, 0.6) is 0 Å². The standard InChI is InChI=1S/C55H54O6S4/c1-3-5-7-9-11-17-31-55(32-18-12-10-8-6-4-2)45-33-37(47-29-25-39(62-47)35-51-53(56)43-19-13-15-21-49(43)64(51,58)59)23-27-41(45)42-28-24-38(34-46(42)55)48-30-26-40(63-48)36-52-54(57)44-20-14-16-22-50(44)65(52,60)61/h13-16,19-30,33-36H,3-12,17-18,31-32H2,1-2H3/b51-35+,52-36+. The highest BCUT2D eigenvalue weighted by Gasteiger charge is 2.43. The third-order valence-electron chi connectivity index (χ3n) is 13.5. The zero-order chi connectivity index (χ0) is 45.3. The highest BCUT2D eigenvalue weighted by Crippen LogP contribution is 2.56. The minimum absolute atomic E-state index is 0.0700. The molecule has 334 valence electrons. The van der Waals surface area contributed by atoms with E-state index in [1.807, 2.05) is 24.3 Å². The minimum Gasteiger partial charge on any atom is -0.288 e. The number of sulfone groups is 2. The highest BCUT2D eigenvalue weighted by molar-refractivity contribution is 7.97. The van der Waals surface area contributed by atoms with Crippen LogP contribution < -0.4 is 0 Å². The molecule has 1 aliphatic carbocycles. The van der Waals surface area contributed by atoms with Crippen LogP contribution in [0.4, 0.5) is 0 Å². The molecule has 0 amide bonds. The summed E-state index contributed by atoms with van der Waals surface area (Å²) in [6.45, 7) is 4.50. The van der Waals surface area contributed by atoms with Crippen LogP contribution in [0, 0.1) is 0 Å². The Labute approximate surface area is 392 Å². The Morgan fingerprint density at radius 2 is 0.862 bits per heavy atom. The quantitative estimate of drug-likeness (QED) is 0.0628. The van der Waals surface area contributed by atoms with Crippen LogP contribution in [-0.2, 0) is 25.1 Å². The molecule has 0 fully saturated rings. The lowest BCUT2D eigenvalue weighted by Gasteiger charge is -2.33. The van der Waals surface area contributed by atoms with Crippen LogP contribution in [0.3, 0.4) is 0 Å². The molecule has 4 heterocycles. The molecule has 2 aliphatic heterocycles. The molecule has 0 unspecified atom stereocenters. The molecule has 0 saturated heterocycles. The van der Waals surface area contributed by atoms with E-state index in [0.717, 1.165) is 46.6 Å². The molecule has 2 aromatic heterocycles. The second kappa shape index (κ2) is 18.7. The van der Waals surface area contributed by atoms with Gasteiger partial charge in [-0.15, -0.1) is 22.7 Å². The molecule has 0 saturated carbocycles. The molecule has 0 spiro atoms. The molecule has 9 rings (SSSR count). The van der Waals surface area contributed by atoms with Gasteiger partial charge in [0, 0.05) is 36.1 Å². The third-order valence-corrected chi connectivity index (χ3v) is 19.3. The number of rotatable bonds is 18. The zero-order valence-electron chi connectivity index (χ0n) is 37.0. The van der Waals surface area contributed by atoms with Gasteiger partial charge in [0.2, 0.25) is 31.2 Å². The summed E-state index contributed by atoms with van der Waals surface area (Å²) in [5.74, 6) is -0.920. The first-order valence-corrected chi connectivity index (χ1v) is 27.8. The molecule has 0 atom stereocenters. The van der Waals surface area contributed by atoms with Crippen molar-refractivity contribution in [1.29, 1.82) is 0 Å². The van der Waals surface area contributed by atoms with E-state index in [0.29, 0.717) is 9.75 Å². The van der Waals surface area contributed by atoms with Gasteiger partial charge in [-0.2, -0.15) is 0 Å². The van der Waals surface area contributed by atoms with Gasteiger partial charge in [-0.3, -0.25) is 9.59 Å². The van der Waals surface area contributed by atoms with Gasteiger partial charge in [0.1, 0.15) is 9.81 Å². The van der Waals surface area contributed by atoms with E-state index in [1.54, 1.807) is 36.4 Å². The van der Waals surface area contributed by atoms with Gasteiger partial charge in [0.15, 0.2) is 0 Å². The Kier molecular flexibility index (Phi) is 13.0. The number of hydrogen-bond acceptors (Lipinski definition) is 8. The number of carbonyl (C=O) groups is 2. The number of unbranched alkanes of at least 4 members (excludes halogenated alkanes) is 10. The fraction of sp³-hybridized carbons (Fsp3) is 0.309. The minimum atomic E-state index is -3.90. The first kappa shape index (κ1) is 45.2. The van der Waals surface area contributed by atoms with Gasteiger partial charge in [0.25, 0.3) is 0 Å². The lowest BCUT2D eigenvalue weighted by Crippen LogP contribution is -2.25. The molecule has 6 aromatic rings. The fourth-order valence-electron chi connectivity index (χ4n) is 10.1. The Hall–Kier alpha value is -5.00. The first-order valence-electron chi connectivity index (χ1n) is 23.2. The number of Topliss-reactive ketones (excluding diaryl/α,β-unsaturated/α-hetero) is 2. The Morgan fingerprint density at radius 1 is 0.462 bits per heavy atom. The summed E-state index contributed by atoms with van der Waals surface area (Å²) in [4.78, 5) is 29.8. The van der Waals surface area contributed by atoms with Crippen molar-refractivity contribution in [2.24, 2.45) is 0 Å². The topological polar surface area (TPSA) is 102 Å². The molecule has 0 bridgehead atoms. The summed E-state index contributed by atoms with van der Waals surface area (Å²) >= 11 is 2.99. The maximum absolute atomic E-state index is 13.4. The molecule has 0 N–H and O–H groups in total. The summed E-state index contributed by atoms with van der Waals surface area (Å²) < 4.78 is 53.8. The van der Waals surface area contributed by atoms with E-state index >= 15 is 0 Å². The average molecular weight is 939 g/mol. The summed E-state index contributed by atoms with van der Waals surface area (Å²) in [6.07, 6.45) is 19.5. The number of thiophene rings is 2. The van der Waals surface area contributed by atoms with Crippen LogP contribution in [0.2, 0.25) is 0 Å². The van der Waals surface area contributed by atoms with E-state index in [-0.39, 0.29) is 36.1 Å². The van der Waals surface area contributed by atoms with Crippen LogP contribution in [0.1, 0.15) is 145 Å². The van der Waals surface area contributed by atoms with Crippen molar-refractivity contribution in [2.75, 3.05) is 0 Å². The monoisotopic (exact) mass is 938 g/mol. The average Bonchev–Trinajstić information content (AvgIpc) is 4.12. The van der Waals surface area contributed by atoms with Crippen molar-refractivity contribution >= 4 is 66.1 Å². The number of benzene rings is 4. The maximum atomic E-state index is 13.4. The van der Waals surface area contributed by atoms with E-state index in [9.17, 15) is 26.4 Å². The van der Waals surface area contributed by atoms with Gasteiger partial charge in [-0.05, 0) is 119 Å². The van der Waals surface area contributed by atoms with Gasteiger partial charge < -0.3 is 0 Å². The largest absolute Gasteiger partial charge is 0.288 e. The predicted octanol–water partition coefficient (Wildman–Crippen LogP) is 14.9. The van der Waals surface area contributed by atoms with Crippen molar-refractivity contribution in [2.45, 2.75) is 119 Å². The maximum Gasteiger partial charge on any atom is 0.211 e. The van der Waals surface area contributed by atoms with Crippen molar-refractivity contribution < 1.29 is 26.4 Å². The Morgan fingerprint density at radius 3 is 1.28 bits per heavy atom. The fourth-order valence-corrected chi connectivity index (χ4v) is 15.3. The van der Waals surface area contributed by atoms with Gasteiger partial charge in [0.05, 0.1) is 9.79 Å². The molecular weight excluding hydrogens is 885 g/mol. The van der Waals surface area contributed by atoms with Crippen LogP contribution in [-0.4, -0.2) is 28.4 Å². The highest BCUT2D eigenvalue weighted by atomic mass is 32.2. The van der Waals surface area contributed by atoms with Crippen LogP contribution >= 0.6 is 22.7 Å². The predicted molar refractivity (Wildman–Crippen MR) is 267 cm³/mol. The van der Waals surface area contributed by atoms with Crippen molar-refractivity contribution in [3.8, 4) is 32.0 Å². The summed E-state index contributed by atoms with van der Waals surface area (Å²) in [6, 6.07) is 34.4. The molecule has 0 radical (unpaired) electrons. The molecule has 10 heteroatoms. The lowest BCUT2D eigenvalue weighted by atomic mass is 9.70. The van der Waals surface area contributed by atoms with E-state index in [4.69, 9.17) is 0 Å². The Bertz CT molecular complexity index is 2900. The number of hydrogen-bond donors (Lipinski definition) is 0. The number of fused-ring (bicyclic) bond motifs is 5. The molecule has 4 aromatic carbocycles. The number of ketones is 2. The zero-order valence-corrected chi connectivity index (χ0v) is 40.3. The smallest absolute Gasteiger partial charge is 0.211 e. The molecule has 6 nitrogen and oxygen atoms in total.